The van der Waals surface area contributed by atoms with Crippen molar-refractivity contribution in [2.24, 2.45) is 0 Å². The Morgan fingerprint density at radius 3 is 2.38 bits per heavy atom. The first-order valence-corrected chi connectivity index (χ1v) is 7.47. The molecule has 0 saturated carbocycles. The van der Waals surface area contributed by atoms with Crippen LogP contribution in [0.5, 0.6) is 0 Å². The lowest BCUT2D eigenvalue weighted by molar-refractivity contribution is 0.0988. The number of rotatable bonds is 5. The Labute approximate surface area is 127 Å². The predicted octanol–water partition coefficient (Wildman–Crippen LogP) is 2.99. The number of nitrogens with one attached hydrogen (secondary N) is 1. The molecule has 1 unspecified atom stereocenters. The summed E-state index contributed by atoms with van der Waals surface area (Å²) in [6, 6.07) is 1.73. The molecule has 5 nitrogen and oxygen atoms in total. The standard InChI is InChI=1S/C15H17N3O2S/c1-8-12(10(3)19)9(2)18-13(8)14(20)11(4)21-15-16-6-5-7-17-15/h5-7,11,18H,1-4H3. The normalized spacial score (nSPS) is 12.2. The molecule has 0 spiro atoms. The van der Waals surface area contributed by atoms with E-state index in [1.165, 1.54) is 18.7 Å². The average Bonchev–Trinajstić information content (AvgIpc) is 2.74. The van der Waals surface area contributed by atoms with Gasteiger partial charge in [-0.1, -0.05) is 11.8 Å². The van der Waals surface area contributed by atoms with Crippen LogP contribution < -0.4 is 0 Å². The van der Waals surface area contributed by atoms with Crippen LogP contribution in [0, 0.1) is 13.8 Å². The van der Waals surface area contributed by atoms with E-state index in [1.807, 2.05) is 6.92 Å². The number of aryl methyl sites for hydroxylation is 1. The Hall–Kier alpha value is -1.95. The minimum atomic E-state index is -0.330. The monoisotopic (exact) mass is 303 g/mol. The number of Topliss-reactive ketones (excluding diaryl/α,β-unsaturated/α-hetero) is 2. The van der Waals surface area contributed by atoms with E-state index < -0.39 is 0 Å². The van der Waals surface area contributed by atoms with E-state index in [9.17, 15) is 9.59 Å². The minimum absolute atomic E-state index is 0.0352. The number of hydrogen-bond donors (Lipinski definition) is 1. The smallest absolute Gasteiger partial charge is 0.192 e. The third kappa shape index (κ3) is 3.21. The van der Waals surface area contributed by atoms with Gasteiger partial charge in [0, 0.05) is 23.7 Å². The maximum atomic E-state index is 12.5. The predicted molar refractivity (Wildman–Crippen MR) is 82.0 cm³/mol. The van der Waals surface area contributed by atoms with Crippen molar-refractivity contribution in [3.63, 3.8) is 0 Å². The van der Waals surface area contributed by atoms with Crippen molar-refractivity contribution in [2.75, 3.05) is 0 Å². The molecule has 0 bridgehead atoms. The Morgan fingerprint density at radius 1 is 1.24 bits per heavy atom. The highest BCUT2D eigenvalue weighted by Gasteiger charge is 2.24. The molecule has 1 atom stereocenters. The molecule has 0 aromatic carbocycles. The van der Waals surface area contributed by atoms with Crippen molar-refractivity contribution in [3.8, 4) is 0 Å². The van der Waals surface area contributed by atoms with Crippen LogP contribution in [-0.4, -0.2) is 31.8 Å². The second-order valence-electron chi connectivity index (χ2n) is 4.84. The molecule has 2 heterocycles. The van der Waals surface area contributed by atoms with Crippen LogP contribution in [0.4, 0.5) is 0 Å². The second kappa shape index (κ2) is 6.22. The molecule has 110 valence electrons. The fourth-order valence-electron chi connectivity index (χ4n) is 2.29. The topological polar surface area (TPSA) is 75.7 Å². The summed E-state index contributed by atoms with van der Waals surface area (Å²) in [6.45, 7) is 6.92. The fraction of sp³-hybridized carbons (Fsp3) is 0.333. The molecule has 2 aromatic rings. The van der Waals surface area contributed by atoms with Crippen LogP contribution in [0.25, 0.3) is 0 Å². The van der Waals surface area contributed by atoms with Gasteiger partial charge in [0.2, 0.25) is 0 Å². The van der Waals surface area contributed by atoms with Crippen LogP contribution in [0.2, 0.25) is 0 Å². The van der Waals surface area contributed by atoms with E-state index in [0.29, 0.717) is 22.0 Å². The summed E-state index contributed by atoms with van der Waals surface area (Å²) >= 11 is 1.30. The second-order valence-corrected chi connectivity index (χ2v) is 6.14. The van der Waals surface area contributed by atoms with Crippen molar-refractivity contribution in [1.82, 2.24) is 15.0 Å². The first kappa shape index (κ1) is 15.4. The first-order valence-electron chi connectivity index (χ1n) is 6.59. The Balaban J connectivity index is 2.24. The molecule has 0 saturated heterocycles. The van der Waals surface area contributed by atoms with Gasteiger partial charge in [0.05, 0.1) is 10.9 Å². The number of aromatic amines is 1. The van der Waals surface area contributed by atoms with Gasteiger partial charge in [0.15, 0.2) is 16.7 Å². The highest BCUT2D eigenvalue weighted by molar-refractivity contribution is 8.00. The number of H-pyrrole nitrogens is 1. The molecule has 0 aliphatic carbocycles. The molecule has 21 heavy (non-hydrogen) atoms. The molecular weight excluding hydrogens is 286 g/mol. The lowest BCUT2D eigenvalue weighted by Crippen LogP contribution is -2.15. The maximum Gasteiger partial charge on any atom is 0.192 e. The van der Waals surface area contributed by atoms with Crippen LogP contribution in [0.15, 0.2) is 23.6 Å². The SMILES string of the molecule is CC(=O)c1c(C)[nH]c(C(=O)C(C)Sc2ncccn2)c1C. The quantitative estimate of drug-likeness (QED) is 0.522. The van der Waals surface area contributed by atoms with Crippen LogP contribution >= 0.6 is 11.8 Å². The molecule has 1 N–H and O–H groups in total. The number of carbonyl (C=O) groups excluding carboxylic acids is 2. The van der Waals surface area contributed by atoms with Gasteiger partial charge in [0.25, 0.3) is 0 Å². The molecule has 0 amide bonds. The van der Waals surface area contributed by atoms with Crippen molar-refractivity contribution < 1.29 is 9.59 Å². The highest BCUT2D eigenvalue weighted by Crippen LogP contribution is 2.25. The number of hydrogen-bond acceptors (Lipinski definition) is 5. The number of nitrogens with zero attached hydrogens (tertiary/aromatic N) is 2. The van der Waals surface area contributed by atoms with Gasteiger partial charge in [-0.2, -0.15) is 0 Å². The number of aromatic nitrogens is 3. The van der Waals surface area contributed by atoms with Crippen molar-refractivity contribution in [3.05, 3.63) is 41.0 Å². The van der Waals surface area contributed by atoms with Gasteiger partial charge >= 0.3 is 0 Å². The van der Waals surface area contributed by atoms with Crippen molar-refractivity contribution in [1.29, 1.82) is 0 Å². The van der Waals surface area contributed by atoms with Crippen LogP contribution in [-0.2, 0) is 0 Å². The zero-order valence-electron chi connectivity index (χ0n) is 12.4. The lowest BCUT2D eigenvalue weighted by atomic mass is 10.0. The molecule has 6 heteroatoms. The third-order valence-electron chi connectivity index (χ3n) is 3.23. The van der Waals surface area contributed by atoms with E-state index in [2.05, 4.69) is 15.0 Å². The van der Waals surface area contributed by atoms with Crippen molar-refractivity contribution in [2.45, 2.75) is 38.1 Å². The van der Waals surface area contributed by atoms with Crippen molar-refractivity contribution >= 4 is 23.3 Å². The summed E-state index contributed by atoms with van der Waals surface area (Å²) in [5.41, 5.74) is 2.54. The molecule has 0 aliphatic heterocycles. The molecule has 2 aromatic heterocycles. The molecule has 0 fully saturated rings. The lowest BCUT2D eigenvalue weighted by Gasteiger charge is -2.08. The van der Waals surface area contributed by atoms with E-state index in [-0.39, 0.29) is 16.8 Å². The number of thioether (sulfide) groups is 1. The van der Waals surface area contributed by atoms with E-state index in [4.69, 9.17) is 0 Å². The Morgan fingerprint density at radius 2 is 1.86 bits per heavy atom. The van der Waals surface area contributed by atoms with E-state index in [0.717, 1.165) is 5.69 Å². The number of carbonyl (C=O) groups is 2. The summed E-state index contributed by atoms with van der Waals surface area (Å²) in [6.07, 6.45) is 3.29. The summed E-state index contributed by atoms with van der Waals surface area (Å²) in [5, 5.41) is 0.232. The maximum absolute atomic E-state index is 12.5. The van der Waals surface area contributed by atoms with Gasteiger partial charge in [-0.15, -0.1) is 0 Å². The van der Waals surface area contributed by atoms with Gasteiger partial charge in [0.1, 0.15) is 0 Å². The third-order valence-corrected chi connectivity index (χ3v) is 4.22. The largest absolute Gasteiger partial charge is 0.355 e. The summed E-state index contributed by atoms with van der Waals surface area (Å²) in [7, 11) is 0. The first-order chi connectivity index (χ1) is 9.91. The highest BCUT2D eigenvalue weighted by atomic mass is 32.2. The Kier molecular flexibility index (Phi) is 4.57. The zero-order chi connectivity index (χ0) is 15.6. The molecule has 0 aliphatic rings. The van der Waals surface area contributed by atoms with Gasteiger partial charge in [-0.25, -0.2) is 9.97 Å². The van der Waals surface area contributed by atoms with Gasteiger partial charge in [-0.05, 0) is 39.3 Å². The van der Waals surface area contributed by atoms with E-state index >= 15 is 0 Å². The fourth-order valence-corrected chi connectivity index (χ4v) is 3.07. The zero-order valence-corrected chi connectivity index (χ0v) is 13.2. The average molecular weight is 303 g/mol. The number of ketones is 2. The summed E-state index contributed by atoms with van der Waals surface area (Å²) in [4.78, 5) is 35.4. The van der Waals surface area contributed by atoms with Gasteiger partial charge in [-0.3, -0.25) is 9.59 Å². The van der Waals surface area contributed by atoms with Gasteiger partial charge < -0.3 is 4.98 Å². The summed E-state index contributed by atoms with van der Waals surface area (Å²) in [5.74, 6) is -0.0902. The Bertz CT molecular complexity index is 680. The molecular formula is C15H17N3O2S. The molecule has 0 radical (unpaired) electrons. The summed E-state index contributed by atoms with van der Waals surface area (Å²) < 4.78 is 0. The van der Waals surface area contributed by atoms with Crippen LogP contribution in [0.1, 0.15) is 46.0 Å². The molecule has 2 rings (SSSR count). The van der Waals surface area contributed by atoms with E-state index in [1.54, 1.807) is 32.3 Å². The minimum Gasteiger partial charge on any atom is -0.355 e. The van der Waals surface area contributed by atoms with Crippen LogP contribution in [0.3, 0.4) is 0 Å².